The van der Waals surface area contributed by atoms with E-state index in [1.165, 1.54) is 12.2 Å². The molecular formula is C7H16N2O2. The number of carbonyl (C=O) groups excluding carboxylic acids is 1. The van der Waals surface area contributed by atoms with E-state index in [9.17, 15) is 4.79 Å². The number of hydroxylamine groups is 2. The summed E-state index contributed by atoms with van der Waals surface area (Å²) in [5, 5.41) is 1.21. The quantitative estimate of drug-likeness (QED) is 0.595. The van der Waals surface area contributed by atoms with Gasteiger partial charge in [0, 0.05) is 19.5 Å². The summed E-state index contributed by atoms with van der Waals surface area (Å²) in [4.78, 5) is 15.7. The Balaban J connectivity index is 3.52. The van der Waals surface area contributed by atoms with Crippen LogP contribution >= 0.6 is 0 Å². The third-order valence-corrected chi connectivity index (χ3v) is 1.44. The van der Waals surface area contributed by atoms with Crippen LogP contribution in [-0.4, -0.2) is 31.2 Å². The van der Waals surface area contributed by atoms with E-state index in [1.54, 1.807) is 7.05 Å². The van der Waals surface area contributed by atoms with Gasteiger partial charge in [-0.3, -0.25) is 9.63 Å². The summed E-state index contributed by atoms with van der Waals surface area (Å²) in [6.45, 7) is 1.88. The van der Waals surface area contributed by atoms with Crippen molar-refractivity contribution in [3.8, 4) is 0 Å². The topological polar surface area (TPSA) is 55.6 Å². The monoisotopic (exact) mass is 160 g/mol. The van der Waals surface area contributed by atoms with E-state index in [1.807, 2.05) is 6.92 Å². The fourth-order valence-corrected chi connectivity index (χ4v) is 0.610. The molecule has 0 rings (SSSR count). The Bertz CT molecular complexity index is 126. The van der Waals surface area contributed by atoms with Gasteiger partial charge in [-0.1, -0.05) is 0 Å². The van der Waals surface area contributed by atoms with Crippen molar-refractivity contribution in [2.45, 2.75) is 25.8 Å². The molecule has 66 valence electrons. The van der Waals surface area contributed by atoms with E-state index >= 15 is 0 Å². The highest BCUT2D eigenvalue weighted by Crippen LogP contribution is 1.97. The SMILES string of the molecule is CON(C)C(=O)CCC(C)N. The minimum atomic E-state index is -0.0372. The van der Waals surface area contributed by atoms with Crippen molar-refractivity contribution in [2.75, 3.05) is 14.2 Å². The Labute approximate surface area is 67.3 Å². The number of amides is 1. The van der Waals surface area contributed by atoms with Gasteiger partial charge >= 0.3 is 0 Å². The summed E-state index contributed by atoms with van der Waals surface area (Å²) in [5.41, 5.74) is 5.47. The molecule has 0 aliphatic carbocycles. The summed E-state index contributed by atoms with van der Waals surface area (Å²) in [6.07, 6.45) is 1.15. The summed E-state index contributed by atoms with van der Waals surface area (Å²) in [7, 11) is 3.05. The molecule has 4 nitrogen and oxygen atoms in total. The van der Waals surface area contributed by atoms with Gasteiger partial charge in [0.2, 0.25) is 5.91 Å². The van der Waals surface area contributed by atoms with Crippen LogP contribution in [0.5, 0.6) is 0 Å². The van der Waals surface area contributed by atoms with Crippen molar-refractivity contribution in [1.29, 1.82) is 0 Å². The van der Waals surface area contributed by atoms with Crippen molar-refractivity contribution in [3.63, 3.8) is 0 Å². The second-order valence-corrected chi connectivity index (χ2v) is 2.59. The molecule has 1 amide bonds. The fraction of sp³-hybridized carbons (Fsp3) is 0.857. The van der Waals surface area contributed by atoms with Gasteiger partial charge < -0.3 is 5.73 Å². The van der Waals surface area contributed by atoms with E-state index in [4.69, 9.17) is 5.73 Å². The maximum absolute atomic E-state index is 11.0. The second-order valence-electron chi connectivity index (χ2n) is 2.59. The normalized spacial score (nSPS) is 12.7. The van der Waals surface area contributed by atoms with Gasteiger partial charge in [0.05, 0.1) is 7.11 Å². The van der Waals surface area contributed by atoms with Gasteiger partial charge in [0.1, 0.15) is 0 Å². The molecule has 0 fully saturated rings. The fourth-order valence-electron chi connectivity index (χ4n) is 0.610. The van der Waals surface area contributed by atoms with E-state index in [0.717, 1.165) is 0 Å². The predicted molar refractivity (Wildman–Crippen MR) is 42.7 cm³/mol. The van der Waals surface area contributed by atoms with E-state index in [-0.39, 0.29) is 11.9 Å². The maximum atomic E-state index is 11.0. The van der Waals surface area contributed by atoms with Crippen LogP contribution in [0.4, 0.5) is 0 Å². The van der Waals surface area contributed by atoms with Gasteiger partial charge in [-0.25, -0.2) is 5.06 Å². The van der Waals surface area contributed by atoms with Gasteiger partial charge in [-0.15, -0.1) is 0 Å². The van der Waals surface area contributed by atoms with E-state index < -0.39 is 0 Å². The minimum Gasteiger partial charge on any atom is -0.328 e. The lowest BCUT2D eigenvalue weighted by atomic mass is 10.2. The zero-order valence-corrected chi connectivity index (χ0v) is 7.33. The molecule has 1 unspecified atom stereocenters. The predicted octanol–water partition coefficient (Wildman–Crippen LogP) is 0.134. The lowest BCUT2D eigenvalue weighted by molar-refractivity contribution is -0.168. The largest absolute Gasteiger partial charge is 0.328 e. The molecule has 0 aromatic carbocycles. The first-order valence-corrected chi connectivity index (χ1v) is 3.64. The number of hydrogen-bond donors (Lipinski definition) is 1. The highest BCUT2D eigenvalue weighted by Gasteiger charge is 2.07. The molecule has 2 N–H and O–H groups in total. The van der Waals surface area contributed by atoms with E-state index in [0.29, 0.717) is 12.8 Å². The van der Waals surface area contributed by atoms with Crippen molar-refractivity contribution in [2.24, 2.45) is 5.73 Å². The lowest BCUT2D eigenvalue weighted by Gasteiger charge is -2.13. The summed E-state index contributed by atoms with van der Waals surface area (Å²) in [6, 6.07) is 0.0733. The Morgan fingerprint density at radius 3 is 2.64 bits per heavy atom. The number of hydrogen-bond acceptors (Lipinski definition) is 3. The zero-order chi connectivity index (χ0) is 8.85. The average molecular weight is 160 g/mol. The van der Waals surface area contributed by atoms with Crippen LogP contribution < -0.4 is 5.73 Å². The maximum Gasteiger partial charge on any atom is 0.245 e. The Morgan fingerprint density at radius 1 is 1.73 bits per heavy atom. The summed E-state index contributed by atoms with van der Waals surface area (Å²) >= 11 is 0. The number of rotatable bonds is 4. The minimum absolute atomic E-state index is 0.0372. The van der Waals surface area contributed by atoms with Crippen LogP contribution in [0.25, 0.3) is 0 Å². The van der Waals surface area contributed by atoms with E-state index in [2.05, 4.69) is 4.84 Å². The molecule has 0 aromatic rings. The molecule has 0 heterocycles. The number of nitrogens with two attached hydrogens (primary N) is 1. The molecule has 0 bridgehead atoms. The van der Waals surface area contributed by atoms with Gasteiger partial charge in [0.15, 0.2) is 0 Å². The van der Waals surface area contributed by atoms with Crippen LogP contribution in [0.3, 0.4) is 0 Å². The smallest absolute Gasteiger partial charge is 0.245 e. The molecule has 1 atom stereocenters. The first kappa shape index (κ1) is 10.4. The molecule has 0 aliphatic heterocycles. The van der Waals surface area contributed by atoms with Crippen molar-refractivity contribution in [1.82, 2.24) is 5.06 Å². The molecule has 0 aliphatic rings. The summed E-state index contributed by atoms with van der Waals surface area (Å²) in [5.74, 6) is -0.0372. The zero-order valence-electron chi connectivity index (χ0n) is 7.33. The van der Waals surface area contributed by atoms with Crippen LogP contribution in [0.2, 0.25) is 0 Å². The van der Waals surface area contributed by atoms with Gasteiger partial charge in [-0.05, 0) is 13.3 Å². The first-order chi connectivity index (χ1) is 5.07. The first-order valence-electron chi connectivity index (χ1n) is 3.64. The van der Waals surface area contributed by atoms with Crippen LogP contribution in [0.1, 0.15) is 19.8 Å². The molecule has 0 radical (unpaired) electrons. The molecule has 0 aromatic heterocycles. The van der Waals surface area contributed by atoms with Crippen LogP contribution in [0, 0.1) is 0 Å². The molecule has 0 saturated carbocycles. The highest BCUT2D eigenvalue weighted by atomic mass is 16.7. The van der Waals surface area contributed by atoms with Crippen LogP contribution in [0.15, 0.2) is 0 Å². The Morgan fingerprint density at radius 2 is 2.27 bits per heavy atom. The molecule has 4 heteroatoms. The second kappa shape index (κ2) is 5.09. The van der Waals surface area contributed by atoms with Crippen molar-refractivity contribution in [3.05, 3.63) is 0 Å². The third kappa shape index (κ3) is 4.75. The van der Waals surface area contributed by atoms with Gasteiger partial charge in [0.25, 0.3) is 0 Å². The van der Waals surface area contributed by atoms with Crippen molar-refractivity contribution >= 4 is 5.91 Å². The average Bonchev–Trinajstić information content (AvgIpc) is 1.98. The Hall–Kier alpha value is -0.610. The Kier molecular flexibility index (Phi) is 4.81. The molecule has 11 heavy (non-hydrogen) atoms. The molecular weight excluding hydrogens is 144 g/mol. The highest BCUT2D eigenvalue weighted by molar-refractivity contribution is 5.74. The molecule has 0 spiro atoms. The standard InChI is InChI=1S/C7H16N2O2/c1-6(8)4-5-7(10)9(2)11-3/h6H,4-5,8H2,1-3H3. The van der Waals surface area contributed by atoms with Gasteiger partial charge in [-0.2, -0.15) is 0 Å². The third-order valence-electron chi connectivity index (χ3n) is 1.44. The number of nitrogens with zero attached hydrogens (tertiary/aromatic N) is 1. The summed E-state index contributed by atoms with van der Waals surface area (Å²) < 4.78 is 0. The molecule has 0 saturated heterocycles. The number of carbonyl (C=O) groups is 1. The van der Waals surface area contributed by atoms with Crippen LogP contribution in [-0.2, 0) is 9.63 Å². The van der Waals surface area contributed by atoms with Crippen molar-refractivity contribution < 1.29 is 9.63 Å². The lowest BCUT2D eigenvalue weighted by Crippen LogP contribution is -2.27.